The van der Waals surface area contributed by atoms with Crippen molar-refractivity contribution in [2.75, 3.05) is 19.8 Å². The molecule has 0 saturated carbocycles. The Balaban J connectivity index is 3.46. The van der Waals surface area contributed by atoms with Gasteiger partial charge in [-0.3, -0.25) is 4.79 Å². The van der Waals surface area contributed by atoms with E-state index in [4.69, 9.17) is 9.47 Å². The summed E-state index contributed by atoms with van der Waals surface area (Å²) < 4.78 is 11.1. The van der Waals surface area contributed by atoms with Crippen LogP contribution in [0, 0.1) is 0 Å². The smallest absolute Gasteiger partial charge is 0.306 e. The minimum absolute atomic E-state index is 0.173. The van der Waals surface area contributed by atoms with Crippen molar-refractivity contribution in [1.29, 1.82) is 0 Å². The zero-order valence-corrected chi connectivity index (χ0v) is 25.4. The summed E-state index contributed by atoms with van der Waals surface area (Å²) in [6, 6.07) is 0. The first-order valence-corrected chi connectivity index (χ1v) is 16.4. The Hall–Kier alpha value is -1.13. The molecule has 4 heteroatoms. The first-order valence-electron chi connectivity index (χ1n) is 16.4. The normalized spacial score (nSPS) is 12.6. The largest absolute Gasteiger partial charge is 0.457 e. The summed E-state index contributed by atoms with van der Waals surface area (Å²) in [6.45, 7) is 5.29. The minimum Gasteiger partial charge on any atom is -0.457 e. The van der Waals surface area contributed by atoms with Crippen molar-refractivity contribution in [3.63, 3.8) is 0 Å². The highest BCUT2D eigenvalue weighted by Gasteiger charge is 2.13. The van der Waals surface area contributed by atoms with Crippen LogP contribution in [0.3, 0.4) is 0 Å². The van der Waals surface area contributed by atoms with Gasteiger partial charge in [-0.25, -0.2) is 0 Å². The summed E-state index contributed by atoms with van der Waals surface area (Å²) in [4.78, 5) is 12.0. The Kier molecular flexibility index (Phi) is 31.1. The molecule has 0 aliphatic heterocycles. The molecular formula is C34H64O4. The number of allylic oxidation sites excluding steroid dienone is 4. The van der Waals surface area contributed by atoms with Gasteiger partial charge in [-0.05, 0) is 44.9 Å². The lowest BCUT2D eigenvalue weighted by atomic mass is 10.1. The van der Waals surface area contributed by atoms with Crippen LogP contribution in [-0.2, 0) is 14.3 Å². The molecule has 0 fully saturated rings. The zero-order valence-electron chi connectivity index (χ0n) is 25.4. The van der Waals surface area contributed by atoms with Gasteiger partial charge in [0.25, 0.3) is 0 Å². The average Bonchev–Trinajstić information content (AvgIpc) is 2.92. The van der Waals surface area contributed by atoms with Crippen LogP contribution in [0.5, 0.6) is 0 Å². The van der Waals surface area contributed by atoms with E-state index >= 15 is 0 Å². The van der Waals surface area contributed by atoms with Crippen LogP contribution in [-0.4, -0.2) is 37.0 Å². The van der Waals surface area contributed by atoms with E-state index in [1.165, 1.54) is 116 Å². The number of carbonyl (C=O) groups excluding carboxylic acids is 1. The van der Waals surface area contributed by atoms with E-state index in [9.17, 15) is 9.90 Å². The topological polar surface area (TPSA) is 55.8 Å². The van der Waals surface area contributed by atoms with Crippen LogP contribution >= 0.6 is 0 Å². The number of esters is 1. The fourth-order valence-electron chi connectivity index (χ4n) is 4.53. The molecule has 224 valence electrons. The third-order valence-electron chi connectivity index (χ3n) is 7.03. The first kappa shape index (κ1) is 36.9. The van der Waals surface area contributed by atoms with Gasteiger partial charge in [-0.2, -0.15) is 0 Å². The lowest BCUT2D eigenvalue weighted by Gasteiger charge is -2.15. The van der Waals surface area contributed by atoms with Crippen molar-refractivity contribution in [1.82, 2.24) is 0 Å². The van der Waals surface area contributed by atoms with Crippen LogP contribution in [0.4, 0.5) is 0 Å². The van der Waals surface area contributed by atoms with E-state index in [0.717, 1.165) is 25.7 Å². The molecule has 0 aliphatic rings. The molecule has 4 nitrogen and oxygen atoms in total. The SMILES string of the molecule is CCCCC/C=C\C/C=C\CCCCCCCCOCC(CO)OC(=O)CCCCCCCCCCCC. The molecule has 0 bridgehead atoms. The van der Waals surface area contributed by atoms with E-state index in [0.29, 0.717) is 19.6 Å². The summed E-state index contributed by atoms with van der Waals surface area (Å²) in [6.07, 6.45) is 36.3. The molecule has 38 heavy (non-hydrogen) atoms. The second-order valence-corrected chi connectivity index (χ2v) is 10.9. The molecule has 1 atom stereocenters. The Bertz CT molecular complexity index is 529. The van der Waals surface area contributed by atoms with Gasteiger partial charge in [0.1, 0.15) is 6.10 Å². The van der Waals surface area contributed by atoms with Gasteiger partial charge in [-0.1, -0.05) is 134 Å². The van der Waals surface area contributed by atoms with Crippen molar-refractivity contribution in [2.24, 2.45) is 0 Å². The van der Waals surface area contributed by atoms with Crippen molar-refractivity contribution in [3.8, 4) is 0 Å². The van der Waals surface area contributed by atoms with Crippen molar-refractivity contribution in [3.05, 3.63) is 24.3 Å². The molecule has 0 rings (SSSR count). The lowest BCUT2D eigenvalue weighted by Crippen LogP contribution is -2.27. The average molecular weight is 537 g/mol. The molecule has 0 spiro atoms. The molecule has 1 N–H and O–H groups in total. The molecule has 0 aromatic carbocycles. The zero-order chi connectivity index (χ0) is 27.8. The summed E-state index contributed by atoms with van der Waals surface area (Å²) >= 11 is 0. The summed E-state index contributed by atoms with van der Waals surface area (Å²) in [5.74, 6) is -0.207. The minimum atomic E-state index is -0.532. The van der Waals surface area contributed by atoms with Gasteiger partial charge < -0.3 is 14.6 Å². The molecular weight excluding hydrogens is 472 g/mol. The molecule has 0 aliphatic carbocycles. The fourth-order valence-corrected chi connectivity index (χ4v) is 4.53. The third-order valence-corrected chi connectivity index (χ3v) is 7.03. The second-order valence-electron chi connectivity index (χ2n) is 10.9. The van der Waals surface area contributed by atoms with Gasteiger partial charge >= 0.3 is 5.97 Å². The Morgan fingerprint density at radius 1 is 0.632 bits per heavy atom. The van der Waals surface area contributed by atoms with E-state index in [2.05, 4.69) is 38.2 Å². The maximum Gasteiger partial charge on any atom is 0.306 e. The van der Waals surface area contributed by atoms with E-state index in [1.54, 1.807) is 0 Å². The van der Waals surface area contributed by atoms with Gasteiger partial charge in [-0.15, -0.1) is 0 Å². The van der Waals surface area contributed by atoms with Crippen molar-refractivity contribution >= 4 is 5.97 Å². The van der Waals surface area contributed by atoms with Crippen LogP contribution in [0.1, 0.15) is 162 Å². The molecule has 0 aromatic heterocycles. The van der Waals surface area contributed by atoms with E-state index < -0.39 is 6.10 Å². The molecule has 0 aromatic rings. The maximum atomic E-state index is 12.0. The molecule has 0 amide bonds. The Morgan fingerprint density at radius 3 is 1.68 bits per heavy atom. The highest BCUT2D eigenvalue weighted by Crippen LogP contribution is 2.12. The summed E-state index contributed by atoms with van der Waals surface area (Å²) in [7, 11) is 0. The van der Waals surface area contributed by atoms with Gasteiger partial charge in [0.15, 0.2) is 0 Å². The molecule has 0 radical (unpaired) electrons. The van der Waals surface area contributed by atoms with Crippen LogP contribution in [0.25, 0.3) is 0 Å². The first-order chi connectivity index (χ1) is 18.7. The number of aliphatic hydroxyl groups is 1. The number of hydrogen-bond acceptors (Lipinski definition) is 4. The molecule has 1 unspecified atom stereocenters. The Morgan fingerprint density at radius 2 is 1.11 bits per heavy atom. The lowest BCUT2D eigenvalue weighted by molar-refractivity contribution is -0.154. The number of ether oxygens (including phenoxy) is 2. The number of carbonyl (C=O) groups is 1. The summed E-state index contributed by atoms with van der Waals surface area (Å²) in [5, 5.41) is 9.50. The monoisotopic (exact) mass is 536 g/mol. The van der Waals surface area contributed by atoms with Crippen LogP contribution in [0.2, 0.25) is 0 Å². The maximum absolute atomic E-state index is 12.0. The second kappa shape index (κ2) is 32.1. The number of rotatable bonds is 30. The molecule has 0 saturated heterocycles. The number of aliphatic hydroxyl groups excluding tert-OH is 1. The van der Waals surface area contributed by atoms with E-state index in [1.807, 2.05) is 0 Å². The van der Waals surface area contributed by atoms with Crippen LogP contribution < -0.4 is 0 Å². The Labute approximate surface area is 237 Å². The standard InChI is InChI=1S/C34H64O4/c1-3-5-7-9-11-13-15-16-17-18-19-20-22-24-26-28-30-37-32-33(31-35)38-34(36)29-27-25-23-21-14-12-10-8-6-4-2/h11,13,16-17,33,35H,3-10,12,14-15,18-32H2,1-2H3/b13-11-,17-16-. The highest BCUT2D eigenvalue weighted by molar-refractivity contribution is 5.69. The van der Waals surface area contributed by atoms with Gasteiger partial charge in [0.05, 0.1) is 13.2 Å². The van der Waals surface area contributed by atoms with Gasteiger partial charge in [0, 0.05) is 13.0 Å². The van der Waals surface area contributed by atoms with E-state index in [-0.39, 0.29) is 12.6 Å². The quantitative estimate of drug-likeness (QED) is 0.0563. The predicted octanol–water partition coefficient (Wildman–Crippen LogP) is 10.0. The molecule has 0 heterocycles. The van der Waals surface area contributed by atoms with Crippen molar-refractivity contribution in [2.45, 2.75) is 168 Å². The summed E-state index contributed by atoms with van der Waals surface area (Å²) in [5.41, 5.74) is 0. The third kappa shape index (κ3) is 29.4. The number of unbranched alkanes of at least 4 members (excludes halogenated alkanes) is 18. The van der Waals surface area contributed by atoms with Crippen molar-refractivity contribution < 1.29 is 19.4 Å². The predicted molar refractivity (Wildman–Crippen MR) is 164 cm³/mol. The number of hydrogen-bond donors (Lipinski definition) is 1. The van der Waals surface area contributed by atoms with Gasteiger partial charge in [0.2, 0.25) is 0 Å². The van der Waals surface area contributed by atoms with Crippen LogP contribution in [0.15, 0.2) is 24.3 Å². The highest BCUT2D eigenvalue weighted by atomic mass is 16.6. The fraction of sp³-hybridized carbons (Fsp3) is 0.853.